The molecule has 0 aliphatic carbocycles. The van der Waals surface area contributed by atoms with Gasteiger partial charge < -0.3 is 15.2 Å². The fourth-order valence-electron chi connectivity index (χ4n) is 3.83. The number of likely N-dealkylation sites (tertiary alicyclic amines) is 1. The maximum Gasteiger partial charge on any atom is 0.249 e. The summed E-state index contributed by atoms with van der Waals surface area (Å²) >= 11 is 0. The molecule has 1 fully saturated rings. The van der Waals surface area contributed by atoms with Crippen LogP contribution in [0, 0.1) is 17.5 Å². The normalized spacial score (nSPS) is 17.2. The molecule has 31 heavy (non-hydrogen) atoms. The highest BCUT2D eigenvalue weighted by atomic mass is 19.1. The van der Waals surface area contributed by atoms with E-state index in [0.29, 0.717) is 18.5 Å². The minimum Gasteiger partial charge on any atom is -0.337 e. The zero-order chi connectivity index (χ0) is 22.0. The Morgan fingerprint density at radius 2 is 2.00 bits per heavy atom. The van der Waals surface area contributed by atoms with E-state index in [4.69, 9.17) is 10.3 Å². The van der Waals surface area contributed by atoms with E-state index >= 15 is 0 Å². The van der Waals surface area contributed by atoms with Gasteiger partial charge in [0, 0.05) is 25.1 Å². The van der Waals surface area contributed by atoms with Crippen LogP contribution in [0.1, 0.15) is 36.8 Å². The first kappa shape index (κ1) is 21.0. The fourth-order valence-corrected chi connectivity index (χ4v) is 3.83. The Labute approximate surface area is 176 Å². The van der Waals surface area contributed by atoms with Crippen molar-refractivity contribution in [3.63, 3.8) is 0 Å². The first-order valence-corrected chi connectivity index (χ1v) is 10.00. The van der Waals surface area contributed by atoms with E-state index in [0.717, 1.165) is 18.6 Å². The van der Waals surface area contributed by atoms with Gasteiger partial charge in [0.1, 0.15) is 23.5 Å². The number of amides is 1. The summed E-state index contributed by atoms with van der Waals surface area (Å²) in [6.07, 6.45) is 1.63. The van der Waals surface area contributed by atoms with Crippen molar-refractivity contribution < 1.29 is 22.5 Å². The van der Waals surface area contributed by atoms with Crippen LogP contribution in [-0.2, 0) is 11.2 Å². The predicted octanol–water partition coefficient (Wildman–Crippen LogP) is 3.78. The predicted molar refractivity (Wildman–Crippen MR) is 106 cm³/mol. The standard InChI is InChI=1S/C22H21F3N4O2/c23-14-7-8-16(18(25)11-14)21-27-22(31-28-21)19-6-3-9-29(19)20(30)12-15(26)10-13-4-1-2-5-17(13)24/h1-2,4-5,7-8,11,15,19H,3,6,9-10,12,26H2/t15-,19+/m1/s1. The number of carbonyl (C=O) groups excluding carboxylic acids is 1. The Balaban J connectivity index is 1.45. The highest BCUT2D eigenvalue weighted by Crippen LogP contribution is 2.33. The van der Waals surface area contributed by atoms with E-state index in [-0.39, 0.29) is 41.8 Å². The zero-order valence-electron chi connectivity index (χ0n) is 16.6. The van der Waals surface area contributed by atoms with Crippen molar-refractivity contribution in [3.05, 3.63) is 71.4 Å². The number of halogens is 3. The van der Waals surface area contributed by atoms with Gasteiger partial charge in [-0.25, -0.2) is 13.2 Å². The molecule has 1 aliphatic heterocycles. The third-order valence-electron chi connectivity index (χ3n) is 5.35. The van der Waals surface area contributed by atoms with Gasteiger partial charge in [-0.3, -0.25) is 4.79 Å². The van der Waals surface area contributed by atoms with E-state index in [1.54, 1.807) is 23.1 Å². The molecule has 2 N–H and O–H groups in total. The Morgan fingerprint density at radius 3 is 2.77 bits per heavy atom. The summed E-state index contributed by atoms with van der Waals surface area (Å²) in [6.45, 7) is 0.499. The molecular formula is C22H21F3N4O2. The van der Waals surface area contributed by atoms with Crippen LogP contribution in [-0.4, -0.2) is 33.5 Å². The summed E-state index contributed by atoms with van der Waals surface area (Å²) < 4.78 is 46.3. The smallest absolute Gasteiger partial charge is 0.249 e. The van der Waals surface area contributed by atoms with Gasteiger partial charge in [-0.2, -0.15) is 4.98 Å². The van der Waals surface area contributed by atoms with Crippen molar-refractivity contribution in [2.24, 2.45) is 5.73 Å². The van der Waals surface area contributed by atoms with Crippen LogP contribution < -0.4 is 5.73 Å². The molecule has 1 aromatic heterocycles. The molecule has 2 heterocycles. The van der Waals surface area contributed by atoms with E-state index in [1.165, 1.54) is 12.1 Å². The number of hydrogen-bond donors (Lipinski definition) is 1. The fraction of sp³-hybridized carbons (Fsp3) is 0.318. The van der Waals surface area contributed by atoms with Crippen LogP contribution >= 0.6 is 0 Å². The molecule has 4 rings (SSSR count). The van der Waals surface area contributed by atoms with Gasteiger partial charge in [0.25, 0.3) is 0 Å². The van der Waals surface area contributed by atoms with Crippen LogP contribution in [0.25, 0.3) is 11.4 Å². The Kier molecular flexibility index (Phi) is 6.03. The lowest BCUT2D eigenvalue weighted by atomic mass is 10.0. The monoisotopic (exact) mass is 430 g/mol. The SMILES string of the molecule is N[C@@H](CC(=O)N1CCC[C@H]1c1nc(-c2ccc(F)cc2F)no1)Cc1ccccc1F. The summed E-state index contributed by atoms with van der Waals surface area (Å²) in [4.78, 5) is 18.7. The highest BCUT2D eigenvalue weighted by Gasteiger charge is 2.34. The number of hydrogen-bond acceptors (Lipinski definition) is 5. The Bertz CT molecular complexity index is 1090. The molecule has 9 heteroatoms. The number of aromatic nitrogens is 2. The summed E-state index contributed by atoms with van der Waals surface area (Å²) in [7, 11) is 0. The van der Waals surface area contributed by atoms with Gasteiger partial charge in [-0.15, -0.1) is 0 Å². The molecule has 2 atom stereocenters. The molecule has 0 spiro atoms. The first-order valence-electron chi connectivity index (χ1n) is 10.00. The number of benzene rings is 2. The van der Waals surface area contributed by atoms with Crippen LogP contribution in [0.15, 0.2) is 47.0 Å². The van der Waals surface area contributed by atoms with Crippen LogP contribution in [0.3, 0.4) is 0 Å². The Hall–Kier alpha value is -3.20. The quantitative estimate of drug-likeness (QED) is 0.643. The van der Waals surface area contributed by atoms with Gasteiger partial charge in [0.2, 0.25) is 17.6 Å². The summed E-state index contributed by atoms with van der Waals surface area (Å²) in [5, 5.41) is 3.79. The highest BCUT2D eigenvalue weighted by molar-refractivity contribution is 5.77. The minimum absolute atomic E-state index is 0.0111. The third-order valence-corrected chi connectivity index (χ3v) is 5.35. The minimum atomic E-state index is -0.800. The van der Waals surface area contributed by atoms with Crippen LogP contribution in [0.5, 0.6) is 0 Å². The van der Waals surface area contributed by atoms with Crippen molar-refractivity contribution in [1.82, 2.24) is 15.0 Å². The van der Waals surface area contributed by atoms with Crippen molar-refractivity contribution in [3.8, 4) is 11.4 Å². The van der Waals surface area contributed by atoms with E-state index in [9.17, 15) is 18.0 Å². The molecular weight excluding hydrogens is 409 g/mol. The molecule has 1 saturated heterocycles. The first-order chi connectivity index (χ1) is 14.9. The molecule has 3 aromatic rings. The molecule has 0 unspecified atom stereocenters. The molecule has 0 radical (unpaired) electrons. The van der Waals surface area contributed by atoms with Crippen molar-refractivity contribution >= 4 is 5.91 Å². The van der Waals surface area contributed by atoms with Crippen molar-refractivity contribution in [2.45, 2.75) is 37.8 Å². The maximum atomic E-state index is 14.0. The van der Waals surface area contributed by atoms with E-state index in [1.807, 2.05) is 0 Å². The number of nitrogens with two attached hydrogens (primary N) is 1. The lowest BCUT2D eigenvalue weighted by Crippen LogP contribution is -2.36. The molecule has 1 amide bonds. The van der Waals surface area contributed by atoms with Gasteiger partial charge >= 0.3 is 0 Å². The molecule has 0 saturated carbocycles. The van der Waals surface area contributed by atoms with Crippen molar-refractivity contribution in [2.75, 3.05) is 6.54 Å². The number of nitrogens with zero attached hydrogens (tertiary/aromatic N) is 3. The summed E-state index contributed by atoms with van der Waals surface area (Å²) in [5.41, 5.74) is 6.57. The number of rotatable bonds is 6. The van der Waals surface area contributed by atoms with E-state index in [2.05, 4.69) is 10.1 Å². The van der Waals surface area contributed by atoms with Crippen LogP contribution in [0.2, 0.25) is 0 Å². The Morgan fingerprint density at radius 1 is 1.19 bits per heavy atom. The molecule has 6 nitrogen and oxygen atoms in total. The van der Waals surface area contributed by atoms with Gasteiger partial charge in [-0.1, -0.05) is 23.4 Å². The van der Waals surface area contributed by atoms with Crippen molar-refractivity contribution in [1.29, 1.82) is 0 Å². The zero-order valence-corrected chi connectivity index (χ0v) is 16.6. The maximum absolute atomic E-state index is 14.0. The van der Waals surface area contributed by atoms with Crippen LogP contribution in [0.4, 0.5) is 13.2 Å². The third kappa shape index (κ3) is 4.61. The van der Waals surface area contributed by atoms with E-state index < -0.39 is 23.7 Å². The largest absolute Gasteiger partial charge is 0.337 e. The lowest BCUT2D eigenvalue weighted by Gasteiger charge is -2.23. The average molecular weight is 430 g/mol. The summed E-state index contributed by atoms with van der Waals surface area (Å²) in [5.74, 6) is -1.87. The number of carbonyl (C=O) groups is 1. The second-order valence-corrected chi connectivity index (χ2v) is 7.59. The second-order valence-electron chi connectivity index (χ2n) is 7.59. The molecule has 0 bridgehead atoms. The topological polar surface area (TPSA) is 85.3 Å². The molecule has 1 aliphatic rings. The summed E-state index contributed by atoms with van der Waals surface area (Å²) in [6, 6.07) is 8.42. The van der Waals surface area contributed by atoms with Gasteiger partial charge in [-0.05, 0) is 43.0 Å². The second kappa shape index (κ2) is 8.89. The lowest BCUT2D eigenvalue weighted by molar-refractivity contribution is -0.132. The molecule has 162 valence electrons. The van der Waals surface area contributed by atoms with Gasteiger partial charge in [0.05, 0.1) is 5.56 Å². The molecule has 2 aromatic carbocycles. The average Bonchev–Trinajstić information content (AvgIpc) is 3.39. The van der Waals surface area contributed by atoms with Gasteiger partial charge in [0.15, 0.2) is 0 Å².